The van der Waals surface area contributed by atoms with Crippen molar-refractivity contribution in [3.63, 3.8) is 0 Å². The number of aliphatic hydroxyl groups excluding tert-OH is 1. The zero-order valence-electron chi connectivity index (χ0n) is 24.8. The molecule has 0 aliphatic carbocycles. The Labute approximate surface area is 223 Å². The lowest BCUT2D eigenvalue weighted by atomic mass is 10.0. The number of aliphatic hydroxyl groups is 1. The van der Waals surface area contributed by atoms with Gasteiger partial charge in [-0.25, -0.2) is 0 Å². The summed E-state index contributed by atoms with van der Waals surface area (Å²) in [6.45, 7) is 8.52. The van der Waals surface area contributed by atoms with Crippen LogP contribution in [0, 0.1) is 0 Å². The van der Waals surface area contributed by atoms with E-state index >= 15 is 0 Å². The molecule has 0 aromatic carbocycles. The van der Waals surface area contributed by atoms with E-state index in [2.05, 4.69) is 18.7 Å². The molecular weight excluding hydrogens is 426 g/mol. The lowest BCUT2D eigenvalue weighted by molar-refractivity contribution is 0.217. The standard InChI is InChI=1S/C33H69NO/c1-3-5-7-9-11-13-15-17-19-21-23-25-27-30-34(32-29-33-35)31-28-26-24-22-20-18-16-14-12-10-8-6-4-2/h35H,3-33H2,1-2H3. The largest absolute Gasteiger partial charge is 0.396 e. The molecule has 0 amide bonds. The highest BCUT2D eigenvalue weighted by Crippen LogP contribution is 2.14. The van der Waals surface area contributed by atoms with Crippen LogP contribution >= 0.6 is 0 Å². The van der Waals surface area contributed by atoms with Gasteiger partial charge in [0.05, 0.1) is 0 Å². The molecule has 2 heteroatoms. The van der Waals surface area contributed by atoms with Crippen LogP contribution in [-0.2, 0) is 0 Å². The third-order valence-corrected chi connectivity index (χ3v) is 7.79. The minimum absolute atomic E-state index is 0.341. The van der Waals surface area contributed by atoms with E-state index in [0.29, 0.717) is 6.61 Å². The van der Waals surface area contributed by atoms with Crippen LogP contribution in [-0.4, -0.2) is 36.2 Å². The lowest BCUT2D eigenvalue weighted by Gasteiger charge is -2.22. The highest BCUT2D eigenvalue weighted by atomic mass is 16.3. The van der Waals surface area contributed by atoms with E-state index in [9.17, 15) is 5.11 Å². The molecular formula is C33H69NO. The predicted octanol–water partition coefficient (Wildman–Crippen LogP) is 10.9. The number of unbranched alkanes of at least 4 members (excludes halogenated alkanes) is 24. The van der Waals surface area contributed by atoms with Crippen LogP contribution in [0.25, 0.3) is 0 Å². The summed E-state index contributed by atoms with van der Waals surface area (Å²) in [6, 6.07) is 0. The Balaban J connectivity index is 3.48. The minimum Gasteiger partial charge on any atom is -0.396 e. The second-order valence-corrected chi connectivity index (χ2v) is 11.4. The molecule has 35 heavy (non-hydrogen) atoms. The summed E-state index contributed by atoms with van der Waals surface area (Å²) in [5.41, 5.74) is 0. The van der Waals surface area contributed by atoms with E-state index in [1.54, 1.807) is 0 Å². The molecule has 0 bridgehead atoms. The van der Waals surface area contributed by atoms with Gasteiger partial charge in [-0.15, -0.1) is 0 Å². The van der Waals surface area contributed by atoms with Gasteiger partial charge in [0, 0.05) is 13.2 Å². The van der Waals surface area contributed by atoms with Gasteiger partial charge >= 0.3 is 0 Å². The highest BCUT2D eigenvalue weighted by molar-refractivity contribution is 4.60. The Morgan fingerprint density at radius 2 is 0.543 bits per heavy atom. The van der Waals surface area contributed by atoms with Crippen molar-refractivity contribution in [1.29, 1.82) is 0 Å². The summed E-state index contributed by atoms with van der Waals surface area (Å²) in [6.07, 6.45) is 38.1. The summed E-state index contributed by atoms with van der Waals surface area (Å²) < 4.78 is 0. The van der Waals surface area contributed by atoms with E-state index in [0.717, 1.165) is 13.0 Å². The van der Waals surface area contributed by atoms with Gasteiger partial charge in [0.2, 0.25) is 0 Å². The zero-order chi connectivity index (χ0) is 25.5. The molecule has 0 aliphatic rings. The molecule has 0 fully saturated rings. The molecule has 0 aliphatic heterocycles. The average Bonchev–Trinajstić information content (AvgIpc) is 2.87. The third-order valence-electron chi connectivity index (χ3n) is 7.79. The first kappa shape index (κ1) is 34.9. The zero-order valence-corrected chi connectivity index (χ0v) is 24.8. The highest BCUT2D eigenvalue weighted by Gasteiger charge is 2.04. The summed E-state index contributed by atoms with van der Waals surface area (Å²) in [5.74, 6) is 0. The van der Waals surface area contributed by atoms with E-state index in [1.807, 2.05) is 0 Å². The first-order chi connectivity index (χ1) is 17.3. The SMILES string of the molecule is CCCCCCCCCCCCCCCN(CCCO)CCCCCCCCCCCCCCC. The first-order valence-corrected chi connectivity index (χ1v) is 16.7. The van der Waals surface area contributed by atoms with Crippen LogP contribution in [0.5, 0.6) is 0 Å². The minimum atomic E-state index is 0.341. The van der Waals surface area contributed by atoms with Crippen LogP contribution < -0.4 is 0 Å². The Kier molecular flexibility index (Phi) is 31.9. The van der Waals surface area contributed by atoms with Gasteiger partial charge in [-0.05, 0) is 32.4 Å². The van der Waals surface area contributed by atoms with Gasteiger partial charge in [-0.1, -0.05) is 168 Å². The molecule has 212 valence electrons. The maximum Gasteiger partial charge on any atom is 0.0443 e. The fourth-order valence-corrected chi connectivity index (χ4v) is 5.34. The topological polar surface area (TPSA) is 23.5 Å². The lowest BCUT2D eigenvalue weighted by Crippen LogP contribution is -2.27. The molecule has 0 saturated heterocycles. The molecule has 0 aromatic rings. The normalized spacial score (nSPS) is 11.7. The van der Waals surface area contributed by atoms with Gasteiger partial charge in [0.1, 0.15) is 0 Å². The van der Waals surface area contributed by atoms with Crippen molar-refractivity contribution in [2.24, 2.45) is 0 Å². The molecule has 0 radical (unpaired) electrons. The van der Waals surface area contributed by atoms with Crippen molar-refractivity contribution >= 4 is 0 Å². The van der Waals surface area contributed by atoms with Crippen LogP contribution in [0.15, 0.2) is 0 Å². The van der Waals surface area contributed by atoms with E-state index in [1.165, 1.54) is 180 Å². The third kappa shape index (κ3) is 30.0. The molecule has 0 spiro atoms. The predicted molar refractivity (Wildman–Crippen MR) is 160 cm³/mol. The molecule has 0 atom stereocenters. The van der Waals surface area contributed by atoms with Crippen LogP contribution in [0.4, 0.5) is 0 Å². The van der Waals surface area contributed by atoms with Crippen LogP contribution in [0.1, 0.15) is 187 Å². The van der Waals surface area contributed by atoms with Gasteiger partial charge in [-0.2, -0.15) is 0 Å². The number of hydrogen-bond donors (Lipinski definition) is 1. The molecule has 0 rings (SSSR count). The Morgan fingerprint density at radius 1 is 0.314 bits per heavy atom. The molecule has 0 aromatic heterocycles. The Bertz CT molecular complexity index is 329. The number of rotatable bonds is 31. The Morgan fingerprint density at radius 3 is 0.800 bits per heavy atom. The van der Waals surface area contributed by atoms with Crippen LogP contribution in [0.2, 0.25) is 0 Å². The van der Waals surface area contributed by atoms with Crippen molar-refractivity contribution in [3.05, 3.63) is 0 Å². The summed E-state index contributed by atoms with van der Waals surface area (Å²) >= 11 is 0. The molecule has 2 nitrogen and oxygen atoms in total. The van der Waals surface area contributed by atoms with Crippen molar-refractivity contribution < 1.29 is 5.11 Å². The van der Waals surface area contributed by atoms with Crippen LogP contribution in [0.3, 0.4) is 0 Å². The molecule has 0 heterocycles. The maximum absolute atomic E-state index is 9.26. The number of nitrogens with zero attached hydrogens (tertiary/aromatic N) is 1. The molecule has 0 saturated carbocycles. The van der Waals surface area contributed by atoms with E-state index in [4.69, 9.17) is 0 Å². The second-order valence-electron chi connectivity index (χ2n) is 11.4. The van der Waals surface area contributed by atoms with Crippen molar-refractivity contribution in [3.8, 4) is 0 Å². The fourth-order valence-electron chi connectivity index (χ4n) is 5.34. The number of hydrogen-bond acceptors (Lipinski definition) is 2. The molecule has 1 N–H and O–H groups in total. The van der Waals surface area contributed by atoms with Crippen molar-refractivity contribution in [1.82, 2.24) is 4.90 Å². The second kappa shape index (κ2) is 31.9. The summed E-state index contributed by atoms with van der Waals surface area (Å²) in [7, 11) is 0. The van der Waals surface area contributed by atoms with Gasteiger partial charge in [0.25, 0.3) is 0 Å². The summed E-state index contributed by atoms with van der Waals surface area (Å²) in [5, 5.41) is 9.26. The maximum atomic E-state index is 9.26. The van der Waals surface area contributed by atoms with E-state index in [-0.39, 0.29) is 0 Å². The van der Waals surface area contributed by atoms with E-state index < -0.39 is 0 Å². The van der Waals surface area contributed by atoms with Gasteiger partial charge in [-0.3, -0.25) is 0 Å². The average molecular weight is 496 g/mol. The summed E-state index contributed by atoms with van der Waals surface area (Å²) in [4.78, 5) is 2.63. The van der Waals surface area contributed by atoms with Gasteiger partial charge in [0.15, 0.2) is 0 Å². The first-order valence-electron chi connectivity index (χ1n) is 16.7. The smallest absolute Gasteiger partial charge is 0.0443 e. The quantitative estimate of drug-likeness (QED) is 0.0966. The fraction of sp³-hybridized carbons (Fsp3) is 1.00. The van der Waals surface area contributed by atoms with Crippen molar-refractivity contribution in [2.75, 3.05) is 26.2 Å². The monoisotopic (exact) mass is 496 g/mol. The Hall–Kier alpha value is -0.0800. The van der Waals surface area contributed by atoms with Crippen molar-refractivity contribution in [2.45, 2.75) is 187 Å². The van der Waals surface area contributed by atoms with Gasteiger partial charge < -0.3 is 10.0 Å². The molecule has 0 unspecified atom stereocenters.